The van der Waals surface area contributed by atoms with Crippen molar-refractivity contribution >= 4 is 23.1 Å². The summed E-state index contributed by atoms with van der Waals surface area (Å²) >= 11 is 5.72. The maximum Gasteiger partial charge on any atom is 0.140 e. The molecule has 0 spiro atoms. The molecule has 0 aromatic heterocycles. The molecule has 0 amide bonds. The normalized spacial score (nSPS) is 11.4. The Hall–Kier alpha value is -1.42. The van der Waals surface area contributed by atoms with Crippen LogP contribution in [0, 0.1) is 0 Å². The third kappa shape index (κ3) is 3.53. The molecule has 14 heavy (non-hydrogen) atoms. The maximum atomic E-state index is 8.29. The van der Waals surface area contributed by atoms with Crippen LogP contribution in [0.2, 0.25) is 5.02 Å². The Morgan fingerprint density at radius 1 is 1.43 bits per heavy atom. The SMILES string of the molecule is N/C(CCNc1ccc(Cl)cc1)=N\O. The molecule has 4 N–H and O–H groups in total. The molecule has 0 aliphatic rings. The molecule has 76 valence electrons. The molecule has 0 atom stereocenters. The minimum absolute atomic E-state index is 0.214. The fraction of sp³-hybridized carbons (Fsp3) is 0.222. The molecule has 0 aliphatic heterocycles. The summed E-state index contributed by atoms with van der Waals surface area (Å²) in [6.45, 7) is 0.623. The molecule has 4 nitrogen and oxygen atoms in total. The number of amidine groups is 1. The molecule has 0 saturated heterocycles. The van der Waals surface area contributed by atoms with Crippen LogP contribution < -0.4 is 11.1 Å². The van der Waals surface area contributed by atoms with Gasteiger partial charge in [0.15, 0.2) is 0 Å². The molecule has 5 heteroatoms. The number of halogens is 1. The molecule has 1 aromatic rings. The first-order chi connectivity index (χ1) is 6.72. The monoisotopic (exact) mass is 213 g/mol. The molecule has 0 radical (unpaired) electrons. The van der Waals surface area contributed by atoms with Gasteiger partial charge >= 0.3 is 0 Å². The largest absolute Gasteiger partial charge is 0.409 e. The van der Waals surface area contributed by atoms with E-state index in [1.54, 1.807) is 12.1 Å². The van der Waals surface area contributed by atoms with Gasteiger partial charge in [0.25, 0.3) is 0 Å². The van der Waals surface area contributed by atoms with Crippen LogP contribution in [0.15, 0.2) is 29.4 Å². The van der Waals surface area contributed by atoms with E-state index in [1.807, 2.05) is 12.1 Å². The molecular weight excluding hydrogens is 202 g/mol. The van der Waals surface area contributed by atoms with Gasteiger partial charge in [0.2, 0.25) is 0 Å². The summed E-state index contributed by atoms with van der Waals surface area (Å²) in [5.74, 6) is 0.214. The lowest BCUT2D eigenvalue weighted by molar-refractivity contribution is 0.317. The van der Waals surface area contributed by atoms with E-state index in [0.29, 0.717) is 18.0 Å². The van der Waals surface area contributed by atoms with Gasteiger partial charge in [-0.3, -0.25) is 0 Å². The van der Waals surface area contributed by atoms with Gasteiger partial charge in [-0.15, -0.1) is 0 Å². The van der Waals surface area contributed by atoms with Crippen LogP contribution in [0.3, 0.4) is 0 Å². The molecule has 0 fully saturated rings. The third-order valence-corrected chi connectivity index (χ3v) is 1.93. The van der Waals surface area contributed by atoms with Gasteiger partial charge in [-0.2, -0.15) is 0 Å². The number of nitrogens with two attached hydrogens (primary N) is 1. The summed E-state index contributed by atoms with van der Waals surface area (Å²) in [6, 6.07) is 7.34. The van der Waals surface area contributed by atoms with Crippen molar-refractivity contribution in [2.75, 3.05) is 11.9 Å². The number of rotatable bonds is 4. The van der Waals surface area contributed by atoms with Crippen molar-refractivity contribution in [1.29, 1.82) is 0 Å². The van der Waals surface area contributed by atoms with Crippen molar-refractivity contribution in [3.8, 4) is 0 Å². The number of benzene rings is 1. The van der Waals surface area contributed by atoms with E-state index < -0.39 is 0 Å². The van der Waals surface area contributed by atoms with Crippen molar-refractivity contribution in [2.45, 2.75) is 6.42 Å². The maximum absolute atomic E-state index is 8.29. The molecule has 1 aromatic carbocycles. The summed E-state index contributed by atoms with van der Waals surface area (Å²) in [5, 5.41) is 15.0. The highest BCUT2D eigenvalue weighted by molar-refractivity contribution is 6.30. The van der Waals surface area contributed by atoms with Gasteiger partial charge in [-0.1, -0.05) is 16.8 Å². The van der Waals surface area contributed by atoms with Crippen LogP contribution in [0.1, 0.15) is 6.42 Å². The fourth-order valence-corrected chi connectivity index (χ4v) is 1.08. The van der Waals surface area contributed by atoms with Gasteiger partial charge < -0.3 is 16.3 Å². The number of nitrogens with one attached hydrogen (secondary N) is 1. The molecule has 1 rings (SSSR count). The van der Waals surface area contributed by atoms with Crippen LogP contribution >= 0.6 is 11.6 Å². The quantitative estimate of drug-likeness (QED) is 0.310. The number of nitrogens with zero attached hydrogens (tertiary/aromatic N) is 1. The van der Waals surface area contributed by atoms with Gasteiger partial charge in [0.05, 0.1) is 0 Å². The lowest BCUT2D eigenvalue weighted by Crippen LogP contribution is -2.16. The standard InChI is InChI=1S/C9H12ClN3O/c10-7-1-3-8(4-2-7)12-6-5-9(11)13-14/h1-4,12,14H,5-6H2,(H2,11,13). The highest BCUT2D eigenvalue weighted by atomic mass is 35.5. The van der Waals surface area contributed by atoms with Gasteiger partial charge in [-0.05, 0) is 24.3 Å². The lowest BCUT2D eigenvalue weighted by Gasteiger charge is -2.04. The Labute approximate surface area is 87.4 Å². The number of oxime groups is 1. The second-order valence-corrected chi connectivity index (χ2v) is 3.21. The fourth-order valence-electron chi connectivity index (χ4n) is 0.953. The molecule has 0 saturated carbocycles. The van der Waals surface area contributed by atoms with Crippen LogP contribution in [0.25, 0.3) is 0 Å². The van der Waals surface area contributed by atoms with Gasteiger partial charge in [0, 0.05) is 23.7 Å². The zero-order valence-corrected chi connectivity index (χ0v) is 8.33. The van der Waals surface area contributed by atoms with E-state index in [2.05, 4.69) is 10.5 Å². The summed E-state index contributed by atoms with van der Waals surface area (Å²) < 4.78 is 0. The first kappa shape index (κ1) is 10.7. The summed E-state index contributed by atoms with van der Waals surface area (Å²) in [6.07, 6.45) is 0.499. The smallest absolute Gasteiger partial charge is 0.140 e. The highest BCUT2D eigenvalue weighted by Crippen LogP contribution is 2.12. The van der Waals surface area contributed by atoms with Gasteiger partial charge in [0.1, 0.15) is 5.84 Å². The van der Waals surface area contributed by atoms with E-state index in [0.717, 1.165) is 5.69 Å². The average Bonchev–Trinajstić information content (AvgIpc) is 2.21. The molecule has 0 unspecified atom stereocenters. The van der Waals surface area contributed by atoms with E-state index in [-0.39, 0.29) is 5.84 Å². The summed E-state index contributed by atoms with van der Waals surface area (Å²) in [5.41, 5.74) is 6.26. The predicted molar refractivity (Wildman–Crippen MR) is 58.0 cm³/mol. The van der Waals surface area contributed by atoms with Crippen molar-refractivity contribution in [1.82, 2.24) is 0 Å². The lowest BCUT2D eigenvalue weighted by atomic mass is 10.3. The van der Waals surface area contributed by atoms with Crippen molar-refractivity contribution in [3.05, 3.63) is 29.3 Å². The first-order valence-corrected chi connectivity index (χ1v) is 4.56. The Bertz CT molecular complexity index is 310. The molecular formula is C9H12ClN3O. The van der Waals surface area contributed by atoms with Gasteiger partial charge in [-0.25, -0.2) is 0 Å². The average molecular weight is 214 g/mol. The molecule has 0 bridgehead atoms. The Kier molecular flexibility index (Phi) is 4.07. The number of hydrogen-bond donors (Lipinski definition) is 3. The Balaban J connectivity index is 2.35. The van der Waals surface area contributed by atoms with E-state index in [4.69, 9.17) is 22.5 Å². The first-order valence-electron chi connectivity index (χ1n) is 4.18. The number of anilines is 1. The van der Waals surface area contributed by atoms with Crippen LogP contribution in [-0.2, 0) is 0 Å². The minimum atomic E-state index is 0.214. The summed E-state index contributed by atoms with van der Waals surface area (Å²) in [7, 11) is 0. The molecule has 0 aliphatic carbocycles. The van der Waals surface area contributed by atoms with E-state index in [9.17, 15) is 0 Å². The van der Waals surface area contributed by atoms with Crippen LogP contribution in [0.5, 0.6) is 0 Å². The topological polar surface area (TPSA) is 70.6 Å². The second kappa shape index (κ2) is 5.34. The molecule has 0 heterocycles. The van der Waals surface area contributed by atoms with E-state index in [1.165, 1.54) is 0 Å². The van der Waals surface area contributed by atoms with Crippen molar-refractivity contribution in [2.24, 2.45) is 10.9 Å². The predicted octanol–water partition coefficient (Wildman–Crippen LogP) is 1.89. The van der Waals surface area contributed by atoms with Crippen LogP contribution in [0.4, 0.5) is 5.69 Å². The van der Waals surface area contributed by atoms with Crippen LogP contribution in [-0.4, -0.2) is 17.6 Å². The zero-order valence-electron chi connectivity index (χ0n) is 7.57. The minimum Gasteiger partial charge on any atom is -0.409 e. The highest BCUT2D eigenvalue weighted by Gasteiger charge is 1.94. The third-order valence-electron chi connectivity index (χ3n) is 1.68. The van der Waals surface area contributed by atoms with Crippen molar-refractivity contribution in [3.63, 3.8) is 0 Å². The Morgan fingerprint density at radius 3 is 2.64 bits per heavy atom. The summed E-state index contributed by atoms with van der Waals surface area (Å²) in [4.78, 5) is 0. The second-order valence-electron chi connectivity index (χ2n) is 2.78. The zero-order chi connectivity index (χ0) is 10.4. The van der Waals surface area contributed by atoms with Crippen molar-refractivity contribution < 1.29 is 5.21 Å². The Morgan fingerprint density at radius 2 is 2.07 bits per heavy atom. The number of hydrogen-bond acceptors (Lipinski definition) is 3. The van der Waals surface area contributed by atoms with E-state index >= 15 is 0 Å².